The Morgan fingerprint density at radius 3 is 1.75 bits per heavy atom. The molecule has 0 aliphatic carbocycles. The van der Waals surface area contributed by atoms with Crippen molar-refractivity contribution in [3.05, 3.63) is 25.8 Å². The minimum absolute atomic E-state index is 0. The van der Waals surface area contributed by atoms with Crippen LogP contribution in [-0.2, 0) is 4.79 Å². The minimum Gasteiger partial charge on any atom is -0.478 e. The van der Waals surface area contributed by atoms with Gasteiger partial charge in [0.1, 0.15) is 0 Å². The van der Waals surface area contributed by atoms with Gasteiger partial charge in [-0.25, -0.2) is 4.79 Å². The topological polar surface area (TPSA) is 37.3 Å². The molecule has 43 valence electrons. The second kappa shape index (κ2) is 16.0. The van der Waals surface area contributed by atoms with Gasteiger partial charge in [0.2, 0.25) is 0 Å². The van der Waals surface area contributed by atoms with Gasteiger partial charge in [0, 0.05) is 26.4 Å². The van der Waals surface area contributed by atoms with Gasteiger partial charge in [0.05, 0.1) is 0 Å². The number of carbonyl (C=O) groups is 1. The van der Waals surface area contributed by atoms with Crippen molar-refractivity contribution in [1.29, 1.82) is 0 Å². The Bertz CT molecular complexity index is 75.4. The molecule has 0 bridgehead atoms. The Balaban J connectivity index is -0.0000000286. The van der Waals surface area contributed by atoms with Gasteiger partial charge in [-0.05, 0) is 0 Å². The van der Waals surface area contributed by atoms with Crippen LogP contribution in [0.5, 0.6) is 0 Å². The Hall–Kier alpha value is -0.453. The number of carboxylic acid groups (broad SMARTS) is 1. The smallest absolute Gasteiger partial charge is 0.327 e. The van der Waals surface area contributed by atoms with Crippen LogP contribution in [0.4, 0.5) is 0 Å². The van der Waals surface area contributed by atoms with Gasteiger partial charge in [0.25, 0.3) is 0 Å². The molecule has 0 rings (SSSR count). The normalized spacial score (nSPS) is 4.50. The summed E-state index contributed by atoms with van der Waals surface area (Å²) in [6, 6.07) is 0. The summed E-state index contributed by atoms with van der Waals surface area (Å²) in [6.07, 6.45) is 0.833. The maximum absolute atomic E-state index is 9.25. The summed E-state index contributed by atoms with van der Waals surface area (Å²) in [6.45, 7) is 8.96. The van der Waals surface area contributed by atoms with Crippen LogP contribution in [0.1, 0.15) is 1.43 Å². The van der Waals surface area contributed by atoms with E-state index < -0.39 is 5.97 Å². The summed E-state index contributed by atoms with van der Waals surface area (Å²) in [7, 11) is 0. The van der Waals surface area contributed by atoms with Crippen molar-refractivity contribution in [3.63, 3.8) is 0 Å². The van der Waals surface area contributed by atoms with E-state index in [4.69, 9.17) is 5.11 Å². The van der Waals surface area contributed by atoms with Crippen LogP contribution in [0, 0.1) is 0 Å². The van der Waals surface area contributed by atoms with E-state index >= 15 is 0 Å². The molecule has 0 atom stereocenters. The number of hydrogen-bond donors (Lipinski definition) is 1. The van der Waals surface area contributed by atoms with Gasteiger partial charge in [-0.3, -0.25) is 0 Å². The maximum Gasteiger partial charge on any atom is 0.327 e. The Kier molecular flexibility index (Phi) is 31.3. The molecular formula is C5H10LiO2. The molecule has 0 spiro atoms. The number of carboxylic acids is 1. The molecule has 0 aromatic rings. The van der Waals surface area contributed by atoms with E-state index in [0.717, 1.165) is 6.08 Å². The van der Waals surface area contributed by atoms with E-state index in [1.54, 1.807) is 0 Å². The molecule has 3 heteroatoms. The molecule has 0 aromatic heterocycles. The summed E-state index contributed by atoms with van der Waals surface area (Å²) < 4.78 is 0. The predicted octanol–water partition coefficient (Wildman–Crippen LogP) is 0.924. The summed E-state index contributed by atoms with van der Waals surface area (Å²) in [5.74, 6) is -0.981. The number of aliphatic carboxylic acids is 1. The average Bonchev–Trinajstić information content (AvgIpc) is 1.73. The predicted molar refractivity (Wildman–Crippen MR) is 37.0 cm³/mol. The van der Waals surface area contributed by atoms with Crippen molar-refractivity contribution in [2.75, 3.05) is 0 Å². The third-order valence-corrected chi connectivity index (χ3v) is 0.175. The summed E-state index contributed by atoms with van der Waals surface area (Å²) >= 11 is 0. The molecule has 0 amide bonds. The molecule has 0 saturated heterocycles. The van der Waals surface area contributed by atoms with Crippen molar-refractivity contribution in [3.8, 4) is 0 Å². The maximum atomic E-state index is 9.25. The Morgan fingerprint density at radius 2 is 1.75 bits per heavy atom. The minimum atomic E-state index is -0.981. The molecule has 1 radical (unpaired) electrons. The van der Waals surface area contributed by atoms with Gasteiger partial charge >= 0.3 is 5.97 Å². The second-order valence-electron chi connectivity index (χ2n) is 0.542. The molecule has 8 heavy (non-hydrogen) atoms. The molecule has 2 nitrogen and oxygen atoms in total. The summed E-state index contributed by atoms with van der Waals surface area (Å²) in [5, 5.41) is 7.60. The monoisotopic (exact) mass is 109 g/mol. The fourth-order valence-corrected chi connectivity index (χ4v) is 0. The zero-order valence-corrected chi connectivity index (χ0v) is 5.05. The van der Waals surface area contributed by atoms with Crippen molar-refractivity contribution in [1.82, 2.24) is 0 Å². The van der Waals surface area contributed by atoms with Gasteiger partial charge in [0.15, 0.2) is 0 Å². The van der Waals surface area contributed by atoms with Gasteiger partial charge in [-0.2, -0.15) is 0 Å². The molecule has 0 fully saturated rings. The molecule has 0 aliphatic heterocycles. The van der Waals surface area contributed by atoms with Crippen LogP contribution in [0.2, 0.25) is 0 Å². The summed E-state index contributed by atoms with van der Waals surface area (Å²) in [5.41, 5.74) is 0. The fourth-order valence-electron chi connectivity index (χ4n) is 0. The van der Waals surface area contributed by atoms with Crippen molar-refractivity contribution in [2.24, 2.45) is 0 Å². The quantitative estimate of drug-likeness (QED) is 0.309. The van der Waals surface area contributed by atoms with Crippen LogP contribution in [0.3, 0.4) is 0 Å². The van der Waals surface area contributed by atoms with Crippen LogP contribution in [-0.4, -0.2) is 29.9 Å². The zero-order chi connectivity index (χ0) is 6.28. The van der Waals surface area contributed by atoms with Crippen LogP contribution in [0.25, 0.3) is 0 Å². The first kappa shape index (κ1) is 15.6. The van der Waals surface area contributed by atoms with E-state index in [0.29, 0.717) is 0 Å². The van der Waals surface area contributed by atoms with E-state index in [-0.39, 0.29) is 20.3 Å². The number of rotatable bonds is 1. The van der Waals surface area contributed by atoms with E-state index in [1.165, 1.54) is 0 Å². The number of hydrogen-bond acceptors (Lipinski definition) is 1. The van der Waals surface area contributed by atoms with Crippen LogP contribution >= 0.6 is 0 Å². The van der Waals surface area contributed by atoms with Gasteiger partial charge in [-0.1, -0.05) is 6.58 Å². The van der Waals surface area contributed by atoms with E-state index in [9.17, 15) is 4.79 Å². The van der Waals surface area contributed by atoms with Crippen LogP contribution < -0.4 is 0 Å². The molecule has 0 unspecified atom stereocenters. The second-order valence-corrected chi connectivity index (χ2v) is 0.542. The van der Waals surface area contributed by atoms with E-state index in [2.05, 4.69) is 19.7 Å². The SMILES string of the molecule is C=C.C=CC(=O)O.[HH].[Li]. The van der Waals surface area contributed by atoms with Crippen molar-refractivity contribution >= 4 is 24.8 Å². The Labute approximate surface area is 62.6 Å². The standard InChI is InChI=1S/C3H4O2.C2H4.Li.H2/c1-2-3(4)5;1-2;;/h2H,1H2,(H,4,5);1-2H2;;1H. The molecule has 1 N–H and O–H groups in total. The molecule has 0 aromatic carbocycles. The molecule has 0 aliphatic rings. The van der Waals surface area contributed by atoms with Gasteiger partial charge in [-0.15, -0.1) is 13.2 Å². The average molecular weight is 109 g/mol. The zero-order valence-electron chi connectivity index (χ0n) is 5.05. The first-order chi connectivity index (χ1) is 3.27. The molecule has 0 saturated carbocycles. The third-order valence-electron chi connectivity index (χ3n) is 0.175. The van der Waals surface area contributed by atoms with E-state index in [1.807, 2.05) is 0 Å². The van der Waals surface area contributed by atoms with Crippen LogP contribution in [0.15, 0.2) is 25.8 Å². The first-order valence-corrected chi connectivity index (χ1v) is 1.62. The van der Waals surface area contributed by atoms with Crippen molar-refractivity contribution < 1.29 is 11.3 Å². The molecular weight excluding hydrogens is 99.0 g/mol. The largest absolute Gasteiger partial charge is 0.478 e. The summed E-state index contributed by atoms with van der Waals surface area (Å²) in [4.78, 5) is 9.25. The fraction of sp³-hybridized carbons (Fsp3) is 0. The third kappa shape index (κ3) is 47.9. The molecule has 0 heterocycles. The first-order valence-electron chi connectivity index (χ1n) is 1.62. The van der Waals surface area contributed by atoms with Crippen molar-refractivity contribution in [2.45, 2.75) is 0 Å². The van der Waals surface area contributed by atoms with Gasteiger partial charge < -0.3 is 5.11 Å². The Morgan fingerprint density at radius 1 is 1.62 bits per heavy atom.